The number of nitrogens with zero attached hydrogens (tertiary/aromatic N) is 4. The second-order valence-electron chi connectivity index (χ2n) is 14.8. The maximum absolute atomic E-state index is 10.2. The van der Waals surface area contributed by atoms with Crippen molar-refractivity contribution in [3.63, 3.8) is 0 Å². The van der Waals surface area contributed by atoms with Gasteiger partial charge in [-0.3, -0.25) is 4.98 Å². The molecule has 4 heterocycles. The van der Waals surface area contributed by atoms with E-state index in [-0.39, 0.29) is 17.4 Å². The zero-order valence-electron chi connectivity index (χ0n) is 31.7. The SMILES string of the molecule is [2H]C([2H])([2H])c1cnc(-c2cccc3c2oc2c(-c4ncc(C5CC[Si](C)(C)CC5)cn4)c(C#N)ccc23)cc1-c1c(C(C)C)cccc1C(C)C. The van der Waals surface area contributed by atoms with Crippen molar-refractivity contribution in [1.82, 2.24) is 15.0 Å². The number of nitriles is 1. The van der Waals surface area contributed by atoms with E-state index < -0.39 is 14.9 Å². The molecule has 0 amide bonds. The molecule has 0 N–H and O–H groups in total. The molecule has 0 atom stereocenters. The Kier molecular flexibility index (Phi) is 7.37. The number of pyridine rings is 1. The van der Waals surface area contributed by atoms with Crippen LogP contribution in [0.3, 0.4) is 0 Å². The summed E-state index contributed by atoms with van der Waals surface area (Å²) in [4.78, 5) is 14.4. The van der Waals surface area contributed by atoms with Crippen LogP contribution in [0.25, 0.3) is 55.7 Å². The van der Waals surface area contributed by atoms with Gasteiger partial charge in [-0.2, -0.15) is 5.26 Å². The number of hydrogen-bond acceptors (Lipinski definition) is 5. The van der Waals surface area contributed by atoms with E-state index in [4.69, 9.17) is 23.5 Å². The smallest absolute Gasteiger partial charge is 0.164 e. The van der Waals surface area contributed by atoms with Crippen LogP contribution >= 0.6 is 0 Å². The van der Waals surface area contributed by atoms with Gasteiger partial charge in [0.1, 0.15) is 17.2 Å². The summed E-state index contributed by atoms with van der Waals surface area (Å²) in [6.45, 7) is 11.1. The van der Waals surface area contributed by atoms with Crippen molar-refractivity contribution in [3.8, 4) is 39.8 Å². The van der Waals surface area contributed by atoms with Crippen molar-refractivity contribution in [3.05, 3.63) is 101 Å². The van der Waals surface area contributed by atoms with Gasteiger partial charge in [-0.15, -0.1) is 0 Å². The van der Waals surface area contributed by atoms with E-state index in [1.807, 2.05) is 48.8 Å². The molecule has 6 aromatic rings. The minimum absolute atomic E-state index is 0.180. The molecule has 0 radical (unpaired) electrons. The third kappa shape index (κ3) is 5.64. The second-order valence-corrected chi connectivity index (χ2v) is 20.1. The van der Waals surface area contributed by atoms with Crippen molar-refractivity contribution < 1.29 is 8.53 Å². The van der Waals surface area contributed by atoms with Crippen LogP contribution in [0.4, 0.5) is 0 Å². The summed E-state index contributed by atoms with van der Waals surface area (Å²) in [6, 6.07) is 22.8. The van der Waals surface area contributed by atoms with Crippen LogP contribution in [0.1, 0.15) is 90.2 Å². The van der Waals surface area contributed by atoms with Crippen molar-refractivity contribution in [2.24, 2.45) is 0 Å². The number of furan rings is 1. The highest BCUT2D eigenvalue weighted by atomic mass is 28.3. The fraction of sp³-hybridized carbons (Fsp3) is 0.333. The Balaban J connectivity index is 1.40. The Morgan fingerprint density at radius 3 is 2.12 bits per heavy atom. The highest BCUT2D eigenvalue weighted by Gasteiger charge is 2.30. The Labute approximate surface area is 289 Å². The Morgan fingerprint density at radius 1 is 0.812 bits per heavy atom. The highest BCUT2D eigenvalue weighted by Crippen LogP contribution is 2.43. The van der Waals surface area contributed by atoms with Crippen molar-refractivity contribution in [2.45, 2.75) is 90.3 Å². The number of rotatable bonds is 6. The molecule has 1 fully saturated rings. The molecule has 7 rings (SSSR count). The summed E-state index contributed by atoms with van der Waals surface area (Å²) in [5, 5.41) is 11.9. The minimum Gasteiger partial charge on any atom is -0.455 e. The standard InChI is InChI=1S/C42H44N4OSi/c1-25(2)31-10-8-11-32(26(3)4)39(31)36-20-37(44-22-27(36)5)35-13-9-12-33-34-15-14-29(21-43)38(41(34)47-40(33)35)42-45-23-30(24-46-42)28-16-18-48(6,7)19-17-28/h8-15,20,22-26,28H,16-19H2,1-7H3/i5D3. The number of benzene rings is 3. The first kappa shape index (κ1) is 28.4. The van der Waals surface area contributed by atoms with E-state index in [1.165, 1.54) is 31.1 Å². The van der Waals surface area contributed by atoms with E-state index >= 15 is 0 Å². The van der Waals surface area contributed by atoms with Crippen molar-refractivity contribution >= 4 is 30.0 Å². The molecule has 0 unspecified atom stereocenters. The van der Waals surface area contributed by atoms with E-state index in [2.05, 4.69) is 65.1 Å². The molecule has 5 nitrogen and oxygen atoms in total. The average molecular weight is 652 g/mol. The lowest BCUT2D eigenvalue weighted by Gasteiger charge is -2.32. The van der Waals surface area contributed by atoms with Gasteiger partial charge in [0.2, 0.25) is 0 Å². The maximum Gasteiger partial charge on any atom is 0.164 e. The van der Waals surface area contributed by atoms with Crippen LogP contribution < -0.4 is 0 Å². The van der Waals surface area contributed by atoms with E-state index in [1.54, 1.807) is 0 Å². The van der Waals surface area contributed by atoms with Crippen LogP contribution in [-0.4, -0.2) is 23.0 Å². The highest BCUT2D eigenvalue weighted by molar-refractivity contribution is 6.77. The summed E-state index contributed by atoms with van der Waals surface area (Å²) in [5.41, 5.74) is 8.69. The van der Waals surface area contributed by atoms with Crippen LogP contribution in [-0.2, 0) is 0 Å². The van der Waals surface area contributed by atoms with Gasteiger partial charge in [0.05, 0.1) is 16.8 Å². The molecule has 0 spiro atoms. The third-order valence-electron chi connectivity index (χ3n) is 10.3. The first-order chi connectivity index (χ1) is 24.3. The lowest BCUT2D eigenvalue weighted by atomic mass is 9.83. The number of para-hydroxylation sites is 1. The summed E-state index contributed by atoms with van der Waals surface area (Å²) < 4.78 is 32.1. The fourth-order valence-electron chi connectivity index (χ4n) is 7.46. The van der Waals surface area contributed by atoms with Crippen LogP contribution in [0, 0.1) is 18.2 Å². The largest absolute Gasteiger partial charge is 0.455 e. The maximum atomic E-state index is 10.2. The van der Waals surface area contributed by atoms with Gasteiger partial charge < -0.3 is 4.42 Å². The molecule has 0 bridgehead atoms. The molecule has 0 aliphatic carbocycles. The monoisotopic (exact) mass is 651 g/mol. The Hall–Kier alpha value is -4.60. The zero-order valence-corrected chi connectivity index (χ0v) is 29.7. The molecular weight excluding hydrogens is 605 g/mol. The van der Waals surface area contributed by atoms with Gasteiger partial charge in [0, 0.05) is 47.1 Å². The summed E-state index contributed by atoms with van der Waals surface area (Å²) in [5.74, 6) is 1.29. The average Bonchev–Trinajstić information content (AvgIpc) is 3.49. The minimum atomic E-state index is -2.36. The number of aromatic nitrogens is 3. The van der Waals surface area contributed by atoms with Crippen molar-refractivity contribution in [2.75, 3.05) is 0 Å². The molecule has 0 saturated carbocycles. The van der Waals surface area contributed by atoms with Gasteiger partial charge in [-0.05, 0) is 95.1 Å². The number of fused-ring (bicyclic) bond motifs is 3. The lowest BCUT2D eigenvalue weighted by molar-refractivity contribution is 0.597. The topological polar surface area (TPSA) is 75.6 Å². The summed E-state index contributed by atoms with van der Waals surface area (Å²) in [7, 11) is -1.08. The van der Waals surface area contributed by atoms with Crippen LogP contribution in [0.15, 0.2) is 77.6 Å². The van der Waals surface area contributed by atoms with E-state index in [0.29, 0.717) is 45.3 Å². The van der Waals surface area contributed by atoms with Crippen LogP contribution in [0.5, 0.6) is 0 Å². The molecule has 242 valence electrons. The molecule has 48 heavy (non-hydrogen) atoms. The molecular formula is C42H44N4OSi. The third-order valence-corrected chi connectivity index (χ3v) is 13.6. The van der Waals surface area contributed by atoms with Crippen molar-refractivity contribution in [1.29, 1.82) is 5.26 Å². The number of hydrogen-bond donors (Lipinski definition) is 0. The molecule has 3 aromatic heterocycles. The normalized spacial score (nSPS) is 16.3. The quantitative estimate of drug-likeness (QED) is 0.168. The zero-order chi connectivity index (χ0) is 36.2. The molecule has 3 aromatic carbocycles. The van der Waals surface area contributed by atoms with E-state index in [0.717, 1.165) is 38.6 Å². The van der Waals surface area contributed by atoms with E-state index in [9.17, 15) is 5.26 Å². The predicted molar refractivity (Wildman–Crippen MR) is 200 cm³/mol. The molecule has 1 aliphatic heterocycles. The number of aryl methyl sites for hydroxylation is 1. The van der Waals surface area contributed by atoms with Crippen LogP contribution in [0.2, 0.25) is 25.2 Å². The Bertz CT molecular complexity index is 2280. The molecule has 1 aliphatic rings. The van der Waals surface area contributed by atoms with Gasteiger partial charge >= 0.3 is 0 Å². The van der Waals surface area contributed by atoms with Gasteiger partial charge in [0.15, 0.2) is 5.82 Å². The van der Waals surface area contributed by atoms with Gasteiger partial charge in [0.25, 0.3) is 0 Å². The first-order valence-electron chi connectivity index (χ1n) is 18.6. The molecule has 1 saturated heterocycles. The molecule has 6 heteroatoms. The Morgan fingerprint density at radius 2 is 1.48 bits per heavy atom. The summed E-state index contributed by atoms with van der Waals surface area (Å²) in [6.07, 6.45) is 7.72. The predicted octanol–water partition coefficient (Wildman–Crippen LogP) is 11.8. The lowest BCUT2D eigenvalue weighted by Crippen LogP contribution is -2.30. The van der Waals surface area contributed by atoms with Gasteiger partial charge in [-0.25, -0.2) is 9.97 Å². The fourth-order valence-corrected chi connectivity index (χ4v) is 9.97. The van der Waals surface area contributed by atoms with Gasteiger partial charge in [-0.1, -0.05) is 83.2 Å². The summed E-state index contributed by atoms with van der Waals surface area (Å²) >= 11 is 0. The first-order valence-corrected chi connectivity index (χ1v) is 20.5. The second kappa shape index (κ2) is 12.4.